The Morgan fingerprint density at radius 3 is 2.79 bits per heavy atom. The Labute approximate surface area is 148 Å². The summed E-state index contributed by atoms with van der Waals surface area (Å²) in [7, 11) is 0. The maximum Gasteiger partial charge on any atom is 0.293 e. The molecule has 122 valence electrons. The first-order valence-electron chi connectivity index (χ1n) is 7.93. The molecule has 1 aliphatic rings. The lowest BCUT2D eigenvalue weighted by Gasteiger charge is -2.31. The average molecular weight is 385 g/mol. The van der Waals surface area contributed by atoms with Crippen LogP contribution >= 0.6 is 15.9 Å². The third-order valence-corrected chi connectivity index (χ3v) is 5.29. The average Bonchev–Trinajstić information content (AvgIpc) is 2.98. The number of carbonyl (C=O) groups excluding carboxylic acids is 1. The van der Waals surface area contributed by atoms with Gasteiger partial charge in [-0.15, -0.1) is 0 Å². The molecule has 2 heterocycles. The minimum Gasteiger partial charge on any atom is -0.466 e. The van der Waals surface area contributed by atoms with E-state index in [9.17, 15) is 4.79 Å². The smallest absolute Gasteiger partial charge is 0.293 e. The fourth-order valence-corrected chi connectivity index (χ4v) is 4.04. The number of aromatic amines is 1. The molecular formula is C19H17BrN2O2. The van der Waals surface area contributed by atoms with Crippen LogP contribution in [0.15, 0.2) is 53.0 Å². The summed E-state index contributed by atoms with van der Waals surface area (Å²) >= 11 is 3.66. The second kappa shape index (κ2) is 6.42. The van der Waals surface area contributed by atoms with E-state index < -0.39 is 0 Å². The van der Waals surface area contributed by atoms with Crippen molar-refractivity contribution in [2.75, 3.05) is 6.61 Å². The maximum absolute atomic E-state index is 10.6. The van der Waals surface area contributed by atoms with Gasteiger partial charge in [-0.05, 0) is 29.7 Å². The fraction of sp³-hybridized carbons (Fsp3) is 0.211. The molecule has 0 unspecified atom stereocenters. The maximum atomic E-state index is 10.6. The van der Waals surface area contributed by atoms with E-state index in [2.05, 4.69) is 50.5 Å². The van der Waals surface area contributed by atoms with Crippen LogP contribution in [0.3, 0.4) is 0 Å². The number of para-hydroxylation sites is 1. The first-order chi connectivity index (χ1) is 11.8. The quantitative estimate of drug-likeness (QED) is 0.674. The van der Waals surface area contributed by atoms with Gasteiger partial charge in [0.15, 0.2) is 0 Å². The second-order valence-electron chi connectivity index (χ2n) is 6.01. The molecule has 0 bridgehead atoms. The lowest BCUT2D eigenvalue weighted by molar-refractivity contribution is -0.129. The lowest BCUT2D eigenvalue weighted by atomic mass is 9.90. The van der Waals surface area contributed by atoms with E-state index in [0.717, 1.165) is 16.4 Å². The summed E-state index contributed by atoms with van der Waals surface area (Å²) in [6.07, 6.45) is 0.828. The van der Waals surface area contributed by atoms with E-state index in [-0.39, 0.29) is 12.1 Å². The Bertz CT molecular complexity index is 890. The van der Waals surface area contributed by atoms with Gasteiger partial charge in [0.05, 0.1) is 6.04 Å². The van der Waals surface area contributed by atoms with Gasteiger partial charge >= 0.3 is 0 Å². The number of halogens is 1. The number of aromatic nitrogens is 1. The predicted molar refractivity (Wildman–Crippen MR) is 96.9 cm³/mol. The summed E-state index contributed by atoms with van der Waals surface area (Å²) in [5, 5.41) is 4.86. The van der Waals surface area contributed by atoms with Crippen LogP contribution in [0.5, 0.6) is 0 Å². The van der Waals surface area contributed by atoms with E-state index in [4.69, 9.17) is 4.74 Å². The molecule has 0 saturated heterocycles. The van der Waals surface area contributed by atoms with Gasteiger partial charge in [-0.25, -0.2) is 0 Å². The van der Waals surface area contributed by atoms with E-state index in [1.165, 1.54) is 22.2 Å². The van der Waals surface area contributed by atoms with Crippen molar-refractivity contribution in [2.24, 2.45) is 0 Å². The highest BCUT2D eigenvalue weighted by Crippen LogP contribution is 2.37. The molecular weight excluding hydrogens is 368 g/mol. The van der Waals surface area contributed by atoms with Gasteiger partial charge in [0, 0.05) is 27.1 Å². The molecule has 4 nitrogen and oxygen atoms in total. The monoisotopic (exact) mass is 384 g/mol. The topological polar surface area (TPSA) is 54.1 Å². The predicted octanol–water partition coefficient (Wildman–Crippen LogP) is 3.71. The van der Waals surface area contributed by atoms with E-state index in [1.807, 2.05) is 24.3 Å². The Kier molecular flexibility index (Phi) is 4.12. The molecule has 24 heavy (non-hydrogen) atoms. The van der Waals surface area contributed by atoms with Crippen LogP contribution in [0.2, 0.25) is 0 Å². The zero-order valence-electron chi connectivity index (χ0n) is 13.0. The van der Waals surface area contributed by atoms with Crippen LogP contribution in [0, 0.1) is 0 Å². The Balaban J connectivity index is 1.84. The largest absolute Gasteiger partial charge is 0.466 e. The summed E-state index contributed by atoms with van der Waals surface area (Å²) in [6, 6.07) is 16.7. The Morgan fingerprint density at radius 1 is 1.17 bits per heavy atom. The van der Waals surface area contributed by atoms with Crippen molar-refractivity contribution in [3.63, 3.8) is 0 Å². The molecule has 1 aliphatic heterocycles. The minimum atomic E-state index is 0.0250. The molecule has 0 radical (unpaired) electrons. The van der Waals surface area contributed by atoms with Crippen LogP contribution in [0.4, 0.5) is 0 Å². The molecule has 0 spiro atoms. The van der Waals surface area contributed by atoms with Gasteiger partial charge in [-0.2, -0.15) is 0 Å². The van der Waals surface area contributed by atoms with Crippen LogP contribution in [0.25, 0.3) is 10.9 Å². The molecule has 2 aromatic carbocycles. The number of ether oxygens (including phenoxy) is 1. The molecule has 0 amide bonds. The van der Waals surface area contributed by atoms with Crippen molar-refractivity contribution >= 4 is 33.3 Å². The molecule has 2 atom stereocenters. The molecule has 2 N–H and O–H groups in total. The van der Waals surface area contributed by atoms with Crippen molar-refractivity contribution in [2.45, 2.75) is 18.5 Å². The highest BCUT2D eigenvalue weighted by atomic mass is 79.9. The first kappa shape index (κ1) is 15.4. The number of nitrogens with one attached hydrogen (secondary N) is 2. The van der Waals surface area contributed by atoms with Crippen molar-refractivity contribution < 1.29 is 9.53 Å². The van der Waals surface area contributed by atoms with Crippen LogP contribution in [-0.2, 0) is 16.0 Å². The lowest BCUT2D eigenvalue weighted by Crippen LogP contribution is -2.42. The Hall–Kier alpha value is -2.11. The molecule has 0 saturated carbocycles. The number of rotatable bonds is 4. The van der Waals surface area contributed by atoms with Crippen molar-refractivity contribution in [1.82, 2.24) is 10.3 Å². The highest BCUT2D eigenvalue weighted by molar-refractivity contribution is 9.10. The summed E-state index contributed by atoms with van der Waals surface area (Å²) in [5.41, 5.74) is 4.79. The summed E-state index contributed by atoms with van der Waals surface area (Å²) in [5.74, 6) is 0. The third-order valence-electron chi connectivity index (χ3n) is 4.57. The van der Waals surface area contributed by atoms with Crippen LogP contribution in [0.1, 0.15) is 22.9 Å². The fourth-order valence-electron chi connectivity index (χ4n) is 3.53. The van der Waals surface area contributed by atoms with Gasteiger partial charge < -0.3 is 9.72 Å². The zero-order valence-corrected chi connectivity index (χ0v) is 14.5. The first-order valence-corrected chi connectivity index (χ1v) is 8.72. The molecule has 4 rings (SSSR count). The molecule has 5 heteroatoms. The van der Waals surface area contributed by atoms with Gasteiger partial charge in [-0.3, -0.25) is 10.1 Å². The number of H-pyrrole nitrogens is 1. The van der Waals surface area contributed by atoms with Crippen LogP contribution in [-0.4, -0.2) is 24.1 Å². The SMILES string of the molecule is O=COC[C@@H]1Cc2c([nH]c3ccccc23)[C@@H](c2ccccc2Br)N1. The number of fused-ring (bicyclic) bond motifs is 3. The number of hydrogen-bond donors (Lipinski definition) is 2. The highest BCUT2D eigenvalue weighted by Gasteiger charge is 2.31. The van der Waals surface area contributed by atoms with Crippen molar-refractivity contribution in [1.29, 1.82) is 0 Å². The number of hydrogen-bond acceptors (Lipinski definition) is 3. The second-order valence-corrected chi connectivity index (χ2v) is 6.87. The van der Waals surface area contributed by atoms with Gasteiger partial charge in [0.2, 0.25) is 0 Å². The standard InChI is InChI=1S/C19H17BrN2O2/c20-16-7-3-1-6-14(16)18-19-15(9-12(21-18)10-24-11-23)13-5-2-4-8-17(13)22-19/h1-8,11-12,18,21-22H,9-10H2/t12-,18+/m0/s1. The number of benzene rings is 2. The van der Waals surface area contributed by atoms with Crippen LogP contribution < -0.4 is 5.32 Å². The summed E-state index contributed by atoms with van der Waals surface area (Å²) < 4.78 is 6.09. The van der Waals surface area contributed by atoms with Gasteiger partial charge in [0.25, 0.3) is 6.47 Å². The Morgan fingerprint density at radius 2 is 1.96 bits per heavy atom. The van der Waals surface area contributed by atoms with E-state index >= 15 is 0 Å². The van der Waals surface area contributed by atoms with Crippen molar-refractivity contribution in [3.05, 3.63) is 69.8 Å². The van der Waals surface area contributed by atoms with E-state index in [0.29, 0.717) is 13.1 Å². The molecule has 1 aromatic heterocycles. The van der Waals surface area contributed by atoms with Gasteiger partial charge in [0.1, 0.15) is 6.61 Å². The van der Waals surface area contributed by atoms with Crippen molar-refractivity contribution in [3.8, 4) is 0 Å². The third kappa shape index (κ3) is 2.64. The van der Waals surface area contributed by atoms with Gasteiger partial charge in [-0.1, -0.05) is 52.3 Å². The normalized spacial score (nSPS) is 19.9. The molecule has 0 aliphatic carbocycles. The van der Waals surface area contributed by atoms with E-state index in [1.54, 1.807) is 0 Å². The minimum absolute atomic E-state index is 0.0250. The zero-order chi connectivity index (χ0) is 16.5. The molecule has 0 fully saturated rings. The summed E-state index contributed by atoms with van der Waals surface area (Å²) in [4.78, 5) is 14.2. The number of carbonyl (C=O) groups is 1. The summed E-state index contributed by atoms with van der Waals surface area (Å²) in [6.45, 7) is 0.878. The molecule has 3 aromatic rings.